The summed E-state index contributed by atoms with van der Waals surface area (Å²) < 4.78 is 43.0. The number of anilines is 1. The van der Waals surface area contributed by atoms with Gasteiger partial charge in [-0.1, -0.05) is 0 Å². The van der Waals surface area contributed by atoms with E-state index in [1.54, 1.807) is 11.8 Å². The van der Waals surface area contributed by atoms with Crippen molar-refractivity contribution in [2.75, 3.05) is 24.6 Å². The summed E-state index contributed by atoms with van der Waals surface area (Å²) in [6, 6.07) is 0. The Morgan fingerprint density at radius 3 is 3.00 bits per heavy atom. The van der Waals surface area contributed by atoms with Crippen molar-refractivity contribution in [1.82, 2.24) is 4.98 Å². The van der Waals surface area contributed by atoms with E-state index in [1.165, 1.54) is 16.7 Å². The van der Waals surface area contributed by atoms with Gasteiger partial charge < -0.3 is 9.64 Å². The van der Waals surface area contributed by atoms with Gasteiger partial charge in [0.05, 0.1) is 12.5 Å². The quantitative estimate of drug-likeness (QED) is 0.805. The third kappa shape index (κ3) is 3.41. The zero-order valence-corrected chi connectivity index (χ0v) is 11.8. The maximum Gasteiger partial charge on any atom is 0.393 e. The number of nitrogens with zero attached hydrogens (tertiary/aromatic N) is 2. The summed E-state index contributed by atoms with van der Waals surface area (Å²) in [5.41, 5.74) is 0.154. The van der Waals surface area contributed by atoms with Crippen molar-refractivity contribution in [3.05, 3.63) is 11.1 Å². The summed E-state index contributed by atoms with van der Waals surface area (Å²) in [7, 11) is 0. The molecule has 20 heavy (non-hydrogen) atoms. The molecule has 0 aromatic carbocycles. The van der Waals surface area contributed by atoms with E-state index in [0.29, 0.717) is 18.1 Å². The molecule has 0 radical (unpaired) electrons. The second-order valence-electron chi connectivity index (χ2n) is 4.56. The molecule has 4 nitrogen and oxygen atoms in total. The van der Waals surface area contributed by atoms with Gasteiger partial charge in [-0.05, 0) is 19.8 Å². The predicted molar refractivity (Wildman–Crippen MR) is 69.1 cm³/mol. The third-order valence-electron chi connectivity index (χ3n) is 3.13. The average molecular weight is 308 g/mol. The van der Waals surface area contributed by atoms with E-state index >= 15 is 0 Å². The Hall–Kier alpha value is -1.31. The van der Waals surface area contributed by atoms with Crippen LogP contribution in [0.5, 0.6) is 0 Å². The Labute approximate surface area is 118 Å². The number of aromatic nitrogens is 1. The molecule has 2 heterocycles. The first-order chi connectivity index (χ1) is 9.41. The van der Waals surface area contributed by atoms with Crippen molar-refractivity contribution in [2.45, 2.75) is 25.9 Å². The predicted octanol–water partition coefficient (Wildman–Crippen LogP) is 3.10. The molecule has 0 amide bonds. The molecule has 1 aliphatic rings. The van der Waals surface area contributed by atoms with E-state index in [2.05, 4.69) is 4.98 Å². The highest BCUT2D eigenvalue weighted by Crippen LogP contribution is 2.35. The minimum absolute atomic E-state index is 0.0979. The maximum atomic E-state index is 12.7. The largest absolute Gasteiger partial charge is 0.461 e. The molecule has 0 spiro atoms. The Bertz CT molecular complexity index is 476. The standard InChI is InChI=1S/C12H15F3N2O2S/c1-2-19-10(18)9-7-20-11(16-9)17-5-3-4-8(6-17)12(13,14)15/h7-8H,2-6H2,1H3. The molecule has 8 heteroatoms. The molecule has 0 saturated carbocycles. The number of thiazole rings is 1. The number of hydrogen-bond acceptors (Lipinski definition) is 5. The van der Waals surface area contributed by atoms with Gasteiger partial charge in [-0.3, -0.25) is 0 Å². The van der Waals surface area contributed by atoms with Gasteiger partial charge in [-0.25, -0.2) is 9.78 Å². The zero-order chi connectivity index (χ0) is 14.8. The van der Waals surface area contributed by atoms with Crippen molar-refractivity contribution in [3.63, 3.8) is 0 Å². The van der Waals surface area contributed by atoms with Crippen LogP contribution in [0.25, 0.3) is 0 Å². The number of hydrogen-bond donors (Lipinski definition) is 0. The van der Waals surface area contributed by atoms with Crippen LogP contribution in [0.15, 0.2) is 5.38 Å². The van der Waals surface area contributed by atoms with Gasteiger partial charge in [0.2, 0.25) is 0 Å². The molecule has 1 atom stereocenters. The van der Waals surface area contributed by atoms with Gasteiger partial charge in [0.25, 0.3) is 0 Å². The van der Waals surface area contributed by atoms with Gasteiger partial charge in [-0.2, -0.15) is 13.2 Å². The fourth-order valence-corrected chi connectivity index (χ4v) is 2.96. The fourth-order valence-electron chi connectivity index (χ4n) is 2.13. The van der Waals surface area contributed by atoms with Crippen molar-refractivity contribution in [2.24, 2.45) is 5.92 Å². The van der Waals surface area contributed by atoms with Crippen LogP contribution in [0, 0.1) is 5.92 Å². The van der Waals surface area contributed by atoms with E-state index in [4.69, 9.17) is 4.74 Å². The molecule has 1 aromatic heterocycles. The summed E-state index contributed by atoms with van der Waals surface area (Å²) in [5.74, 6) is -1.87. The molecule has 1 unspecified atom stereocenters. The van der Waals surface area contributed by atoms with Crippen molar-refractivity contribution in [1.29, 1.82) is 0 Å². The van der Waals surface area contributed by atoms with Gasteiger partial charge >= 0.3 is 12.1 Å². The smallest absolute Gasteiger partial charge is 0.393 e. The van der Waals surface area contributed by atoms with Crippen LogP contribution in [-0.4, -0.2) is 36.8 Å². The van der Waals surface area contributed by atoms with Gasteiger partial charge in [0.15, 0.2) is 10.8 Å². The van der Waals surface area contributed by atoms with Crippen LogP contribution in [0.2, 0.25) is 0 Å². The van der Waals surface area contributed by atoms with E-state index in [0.717, 1.165) is 0 Å². The maximum absolute atomic E-state index is 12.7. The molecule has 1 aromatic rings. The number of piperidine rings is 1. The van der Waals surface area contributed by atoms with Crippen molar-refractivity contribution in [3.8, 4) is 0 Å². The van der Waals surface area contributed by atoms with Crippen molar-refractivity contribution >= 4 is 22.4 Å². The van der Waals surface area contributed by atoms with E-state index in [-0.39, 0.29) is 25.3 Å². The normalized spacial score (nSPS) is 20.0. The van der Waals surface area contributed by atoms with Crippen LogP contribution in [0.4, 0.5) is 18.3 Å². The number of carbonyl (C=O) groups excluding carboxylic acids is 1. The third-order valence-corrected chi connectivity index (χ3v) is 4.03. The van der Waals surface area contributed by atoms with Crippen molar-refractivity contribution < 1.29 is 22.7 Å². The topological polar surface area (TPSA) is 42.4 Å². The van der Waals surface area contributed by atoms with Gasteiger partial charge in [0.1, 0.15) is 0 Å². The zero-order valence-electron chi connectivity index (χ0n) is 10.9. The number of carbonyl (C=O) groups is 1. The number of esters is 1. The second-order valence-corrected chi connectivity index (χ2v) is 5.40. The van der Waals surface area contributed by atoms with Crippen LogP contribution in [0.3, 0.4) is 0 Å². The molecule has 112 valence electrons. The second kappa shape index (κ2) is 5.99. The summed E-state index contributed by atoms with van der Waals surface area (Å²) in [5, 5.41) is 1.96. The lowest BCUT2D eigenvalue weighted by Crippen LogP contribution is -2.41. The minimum atomic E-state index is -4.18. The highest BCUT2D eigenvalue weighted by atomic mass is 32.1. The average Bonchev–Trinajstić information content (AvgIpc) is 2.88. The molecule has 1 aliphatic heterocycles. The Morgan fingerprint density at radius 1 is 1.60 bits per heavy atom. The van der Waals surface area contributed by atoms with E-state index in [9.17, 15) is 18.0 Å². The summed E-state index contributed by atoms with van der Waals surface area (Å²) in [4.78, 5) is 17.2. The lowest BCUT2D eigenvalue weighted by atomic mass is 9.98. The van der Waals surface area contributed by atoms with Crippen LogP contribution >= 0.6 is 11.3 Å². The van der Waals surface area contributed by atoms with Crippen LogP contribution < -0.4 is 4.90 Å². The first-order valence-electron chi connectivity index (χ1n) is 6.36. The molecule has 0 bridgehead atoms. The SMILES string of the molecule is CCOC(=O)c1csc(N2CCCC(C(F)(F)F)C2)n1. The number of ether oxygens (including phenoxy) is 1. The molecular weight excluding hydrogens is 293 g/mol. The van der Waals surface area contributed by atoms with E-state index in [1.807, 2.05) is 0 Å². The summed E-state index contributed by atoms with van der Waals surface area (Å²) in [6.07, 6.45) is -3.56. The molecule has 1 saturated heterocycles. The minimum Gasteiger partial charge on any atom is -0.461 e. The molecule has 0 N–H and O–H groups in total. The Balaban J connectivity index is 2.06. The Kier molecular flexibility index (Phi) is 4.52. The summed E-state index contributed by atoms with van der Waals surface area (Å²) in [6.45, 7) is 2.36. The van der Waals surface area contributed by atoms with Gasteiger partial charge in [-0.15, -0.1) is 11.3 Å². The Morgan fingerprint density at radius 2 is 2.35 bits per heavy atom. The first-order valence-corrected chi connectivity index (χ1v) is 7.24. The molecule has 2 rings (SSSR count). The summed E-state index contributed by atoms with van der Waals surface area (Å²) >= 11 is 1.17. The molecule has 1 fully saturated rings. The van der Waals surface area contributed by atoms with Crippen LogP contribution in [0.1, 0.15) is 30.3 Å². The number of rotatable bonds is 3. The lowest BCUT2D eigenvalue weighted by molar-refractivity contribution is -0.175. The molecule has 0 aliphatic carbocycles. The number of alkyl halides is 3. The fraction of sp³-hybridized carbons (Fsp3) is 0.667. The van der Waals surface area contributed by atoms with Crippen LogP contribution in [-0.2, 0) is 4.74 Å². The van der Waals surface area contributed by atoms with E-state index < -0.39 is 18.1 Å². The number of halogens is 3. The lowest BCUT2D eigenvalue weighted by Gasteiger charge is -2.33. The monoisotopic (exact) mass is 308 g/mol. The highest BCUT2D eigenvalue weighted by molar-refractivity contribution is 7.13. The first kappa shape index (κ1) is 15.1. The molecular formula is C12H15F3N2O2S. The highest BCUT2D eigenvalue weighted by Gasteiger charge is 2.42. The van der Waals surface area contributed by atoms with Gasteiger partial charge in [0, 0.05) is 18.5 Å².